The van der Waals surface area contributed by atoms with Crippen LogP contribution in [0.15, 0.2) is 0 Å². The van der Waals surface area contributed by atoms with Gasteiger partial charge in [-0.1, -0.05) is 0 Å². The normalized spacial score (nSPS) is 5.83. The zero-order valence-corrected chi connectivity index (χ0v) is 5.36. The third-order valence-corrected chi connectivity index (χ3v) is 0. The third kappa shape index (κ3) is 30.7. The fraction of sp³-hybridized carbons (Fsp3) is 0. The predicted octanol–water partition coefficient (Wildman–Crippen LogP) is -2.30. The molecule has 0 amide bonds. The maximum atomic E-state index is 8.44. The van der Waals surface area contributed by atoms with E-state index in [9.17, 15) is 0 Å². The molecular formula is H2Ca2O3S. The monoisotopic (exact) mass is 162 g/mol. The third-order valence-electron chi connectivity index (χ3n) is 0. The van der Waals surface area contributed by atoms with E-state index in [1.165, 1.54) is 0 Å². The zero-order valence-electron chi connectivity index (χ0n) is 2.34. The van der Waals surface area contributed by atoms with Gasteiger partial charge in [0.1, 0.15) is 0 Å². The summed E-state index contributed by atoms with van der Waals surface area (Å²) in [7, 11) is 0. The molecule has 0 aliphatic carbocycles. The first-order chi connectivity index (χ1) is 1.73. The molecule has 0 N–H and O–H groups in total. The van der Waals surface area contributed by atoms with Crippen LogP contribution in [0.1, 0.15) is 0 Å². The van der Waals surface area contributed by atoms with E-state index in [1.807, 2.05) is 0 Å². The molecule has 3 nitrogen and oxygen atoms in total. The second kappa shape index (κ2) is 10.5. The first kappa shape index (κ1) is 15.8. The van der Waals surface area contributed by atoms with Gasteiger partial charge in [0.15, 0.2) is 0 Å². The molecule has 0 saturated carbocycles. The van der Waals surface area contributed by atoms with Crippen molar-refractivity contribution < 1.29 is 13.3 Å². The fourth-order valence-corrected chi connectivity index (χ4v) is 0. The van der Waals surface area contributed by atoms with Crippen molar-refractivity contribution in [3.05, 3.63) is 0 Å². The van der Waals surface area contributed by atoms with Crippen molar-refractivity contribution >= 4 is 86.8 Å². The van der Waals surface area contributed by atoms with Gasteiger partial charge in [0.05, 0.1) is 0 Å². The van der Waals surface area contributed by atoms with Crippen LogP contribution in [0.25, 0.3) is 0 Å². The van der Waals surface area contributed by atoms with E-state index in [0.29, 0.717) is 0 Å². The van der Waals surface area contributed by atoms with Gasteiger partial charge < -0.3 is 9.11 Å². The summed E-state index contributed by atoms with van der Waals surface area (Å²) in [6, 6.07) is 0. The van der Waals surface area contributed by atoms with Crippen LogP contribution >= 0.6 is 0 Å². The van der Waals surface area contributed by atoms with Crippen molar-refractivity contribution in [1.29, 1.82) is 0 Å². The summed E-state index contributed by atoms with van der Waals surface area (Å²) in [5.74, 6) is 0. The first-order valence-electron chi connectivity index (χ1n) is 0.500. The van der Waals surface area contributed by atoms with Crippen molar-refractivity contribution in [1.82, 2.24) is 0 Å². The Kier molecular flexibility index (Phi) is 27.8. The first-order valence-corrected chi connectivity index (χ1v) is 1.50. The molecule has 0 atom stereocenters. The van der Waals surface area contributed by atoms with Gasteiger partial charge >= 0.3 is 75.5 Å². The van der Waals surface area contributed by atoms with Crippen molar-refractivity contribution in [3.63, 3.8) is 0 Å². The molecule has 30 valence electrons. The van der Waals surface area contributed by atoms with Crippen molar-refractivity contribution in [2.24, 2.45) is 0 Å². The Morgan fingerprint density at radius 2 is 1.33 bits per heavy atom. The van der Waals surface area contributed by atoms with Crippen LogP contribution in [0.5, 0.6) is 0 Å². The molecule has 0 aliphatic rings. The Labute approximate surface area is 98.0 Å². The molecule has 0 aromatic rings. The van der Waals surface area contributed by atoms with Crippen LogP contribution in [0, 0.1) is 0 Å². The van der Waals surface area contributed by atoms with Crippen LogP contribution in [-0.4, -0.2) is 88.8 Å². The SMILES string of the molecule is O=S([O-])[O-].[Ca+2].[CaH2]. The average molecular weight is 162 g/mol. The van der Waals surface area contributed by atoms with E-state index in [4.69, 9.17) is 13.3 Å². The molecule has 0 aliphatic heterocycles. The van der Waals surface area contributed by atoms with E-state index < -0.39 is 11.4 Å². The van der Waals surface area contributed by atoms with Gasteiger partial charge in [-0.2, -0.15) is 0 Å². The van der Waals surface area contributed by atoms with E-state index in [1.54, 1.807) is 0 Å². The van der Waals surface area contributed by atoms with E-state index in [2.05, 4.69) is 0 Å². The molecule has 0 saturated heterocycles. The Morgan fingerprint density at radius 1 is 1.33 bits per heavy atom. The molecule has 0 aromatic carbocycles. The molecule has 0 radical (unpaired) electrons. The van der Waals surface area contributed by atoms with Gasteiger partial charge in [-0.05, 0) is 0 Å². The van der Waals surface area contributed by atoms with Crippen LogP contribution in [0.3, 0.4) is 0 Å². The van der Waals surface area contributed by atoms with Gasteiger partial charge in [0.2, 0.25) is 0 Å². The Bertz CT molecular complexity index is 31.8. The zero-order chi connectivity index (χ0) is 3.58. The standard InChI is InChI=1S/2Ca.H2O3S.2H/c;;1-4(2)3;;/h;;(H2,1,2,3);;/q;+2;;;/p-2. The molecule has 6 heteroatoms. The van der Waals surface area contributed by atoms with Crippen LogP contribution in [-0.2, 0) is 11.4 Å². The summed E-state index contributed by atoms with van der Waals surface area (Å²) < 4.78 is 25.3. The Hall–Kier alpha value is 2.59. The molecule has 0 heterocycles. The second-order valence-electron chi connectivity index (χ2n) is 0.204. The molecular weight excluding hydrogens is 160 g/mol. The van der Waals surface area contributed by atoms with E-state index in [0.717, 1.165) is 0 Å². The molecule has 6 heavy (non-hydrogen) atoms. The maximum absolute atomic E-state index is 8.44. The molecule has 0 spiro atoms. The number of hydrogen-bond donors (Lipinski definition) is 0. The van der Waals surface area contributed by atoms with Crippen molar-refractivity contribution in [2.75, 3.05) is 0 Å². The molecule has 0 bridgehead atoms. The number of hydrogen-bond acceptors (Lipinski definition) is 3. The van der Waals surface area contributed by atoms with Gasteiger partial charge in [-0.3, -0.25) is 4.21 Å². The topological polar surface area (TPSA) is 63.2 Å². The second-order valence-corrected chi connectivity index (χ2v) is 0.612. The molecule has 0 aromatic heterocycles. The summed E-state index contributed by atoms with van der Waals surface area (Å²) in [5.41, 5.74) is 0. The minimum atomic E-state index is -3.11. The summed E-state index contributed by atoms with van der Waals surface area (Å²) in [4.78, 5) is 0. The Balaban J connectivity index is -0.0000000450. The van der Waals surface area contributed by atoms with Crippen LogP contribution < -0.4 is 0 Å². The van der Waals surface area contributed by atoms with Gasteiger partial charge in [-0.25, -0.2) is 0 Å². The molecule has 0 unspecified atom stereocenters. The number of rotatable bonds is 0. The van der Waals surface area contributed by atoms with Crippen molar-refractivity contribution in [2.45, 2.75) is 0 Å². The average Bonchev–Trinajstić information content (AvgIpc) is 0.811. The van der Waals surface area contributed by atoms with Crippen LogP contribution in [0.4, 0.5) is 0 Å². The van der Waals surface area contributed by atoms with Gasteiger partial charge in [0, 0.05) is 0 Å². The van der Waals surface area contributed by atoms with E-state index in [-0.39, 0.29) is 75.5 Å². The van der Waals surface area contributed by atoms with Gasteiger partial charge in [0.25, 0.3) is 0 Å². The summed E-state index contributed by atoms with van der Waals surface area (Å²) in [6.45, 7) is 0. The fourth-order valence-electron chi connectivity index (χ4n) is 0. The predicted molar refractivity (Wildman–Crippen MR) is 24.0 cm³/mol. The minimum absolute atomic E-state index is 0. The summed E-state index contributed by atoms with van der Waals surface area (Å²) >= 11 is -3.11. The molecule has 0 rings (SSSR count). The quantitative estimate of drug-likeness (QED) is 0.297. The van der Waals surface area contributed by atoms with Crippen LogP contribution in [0.2, 0.25) is 0 Å². The summed E-state index contributed by atoms with van der Waals surface area (Å²) in [6.07, 6.45) is 0. The Morgan fingerprint density at radius 3 is 1.33 bits per heavy atom. The molecule has 0 fully saturated rings. The van der Waals surface area contributed by atoms with Gasteiger partial charge in [-0.15, -0.1) is 11.4 Å². The van der Waals surface area contributed by atoms with E-state index >= 15 is 0 Å². The summed E-state index contributed by atoms with van der Waals surface area (Å²) in [5, 5.41) is 0. The van der Waals surface area contributed by atoms with Crippen molar-refractivity contribution in [3.8, 4) is 0 Å².